The SMILES string of the molecule is CC1(C)Oc2ccc(C#N)cc2C(n2ccccc2=O)C1(O)CNC(=O)C(F)(F)F. The molecular formula is C20H18F3N3O4. The van der Waals surface area contributed by atoms with Crippen LogP contribution >= 0.6 is 0 Å². The summed E-state index contributed by atoms with van der Waals surface area (Å²) in [6.45, 7) is 2.02. The maximum Gasteiger partial charge on any atom is 0.471 e. The molecule has 30 heavy (non-hydrogen) atoms. The predicted octanol–water partition coefficient (Wildman–Crippen LogP) is 1.89. The summed E-state index contributed by atoms with van der Waals surface area (Å²) in [6, 6.07) is 9.28. The summed E-state index contributed by atoms with van der Waals surface area (Å²) in [5.74, 6) is -1.98. The van der Waals surface area contributed by atoms with Crippen LogP contribution in [-0.2, 0) is 4.79 Å². The van der Waals surface area contributed by atoms with Gasteiger partial charge in [-0.1, -0.05) is 6.07 Å². The van der Waals surface area contributed by atoms with Crippen LogP contribution in [0.3, 0.4) is 0 Å². The van der Waals surface area contributed by atoms with Crippen LogP contribution in [0.25, 0.3) is 0 Å². The Hall–Kier alpha value is -3.32. The van der Waals surface area contributed by atoms with Gasteiger partial charge in [-0.2, -0.15) is 18.4 Å². The van der Waals surface area contributed by atoms with Gasteiger partial charge in [0.1, 0.15) is 17.0 Å². The second kappa shape index (κ2) is 7.18. The van der Waals surface area contributed by atoms with E-state index in [1.54, 1.807) is 5.32 Å². The van der Waals surface area contributed by atoms with Gasteiger partial charge in [0.25, 0.3) is 5.56 Å². The zero-order chi connectivity index (χ0) is 22.3. The minimum absolute atomic E-state index is 0.202. The summed E-state index contributed by atoms with van der Waals surface area (Å²) in [4.78, 5) is 24.0. The number of nitriles is 1. The lowest BCUT2D eigenvalue weighted by atomic mass is 9.73. The minimum atomic E-state index is -5.15. The van der Waals surface area contributed by atoms with Crippen LogP contribution in [0.4, 0.5) is 13.2 Å². The molecule has 2 N–H and O–H groups in total. The lowest BCUT2D eigenvalue weighted by Crippen LogP contribution is -2.67. The van der Waals surface area contributed by atoms with Gasteiger partial charge in [-0.05, 0) is 38.1 Å². The van der Waals surface area contributed by atoms with Gasteiger partial charge in [0, 0.05) is 17.8 Å². The number of pyridine rings is 1. The molecule has 1 aromatic heterocycles. The van der Waals surface area contributed by atoms with Crippen LogP contribution in [0.2, 0.25) is 0 Å². The van der Waals surface area contributed by atoms with Crippen LogP contribution in [-0.4, -0.2) is 39.5 Å². The first-order valence-electron chi connectivity index (χ1n) is 8.88. The Morgan fingerprint density at radius 2 is 2.03 bits per heavy atom. The largest absolute Gasteiger partial charge is 0.484 e. The van der Waals surface area contributed by atoms with E-state index in [9.17, 15) is 33.1 Å². The van der Waals surface area contributed by atoms with Crippen molar-refractivity contribution in [1.82, 2.24) is 9.88 Å². The molecule has 2 aromatic rings. The number of amides is 1. The number of alkyl halides is 3. The maximum atomic E-state index is 12.7. The van der Waals surface area contributed by atoms with Crippen LogP contribution in [0, 0.1) is 11.3 Å². The summed E-state index contributed by atoms with van der Waals surface area (Å²) < 4.78 is 45.2. The van der Waals surface area contributed by atoms with E-state index in [2.05, 4.69) is 0 Å². The molecule has 0 bridgehead atoms. The Labute approximate surface area is 169 Å². The molecule has 10 heteroatoms. The smallest absolute Gasteiger partial charge is 0.471 e. The quantitative estimate of drug-likeness (QED) is 0.788. The number of hydrogen-bond donors (Lipinski definition) is 2. The molecule has 3 rings (SSSR count). The highest BCUT2D eigenvalue weighted by Crippen LogP contribution is 2.48. The molecule has 1 aliphatic rings. The highest BCUT2D eigenvalue weighted by atomic mass is 19.4. The van der Waals surface area contributed by atoms with Gasteiger partial charge in [0.05, 0.1) is 24.2 Å². The number of carbonyl (C=O) groups is 1. The summed E-state index contributed by atoms with van der Waals surface area (Å²) >= 11 is 0. The summed E-state index contributed by atoms with van der Waals surface area (Å²) in [5, 5.41) is 22.5. The minimum Gasteiger partial charge on any atom is -0.484 e. The number of halogens is 3. The second-order valence-electron chi connectivity index (χ2n) is 7.43. The Morgan fingerprint density at radius 3 is 2.63 bits per heavy atom. The normalized spacial score (nSPS) is 22.4. The van der Waals surface area contributed by atoms with Crippen LogP contribution in [0.15, 0.2) is 47.4 Å². The van der Waals surface area contributed by atoms with E-state index in [4.69, 9.17) is 4.74 Å². The molecule has 2 atom stereocenters. The van der Waals surface area contributed by atoms with E-state index in [1.807, 2.05) is 6.07 Å². The molecule has 0 saturated carbocycles. The van der Waals surface area contributed by atoms with E-state index in [0.717, 1.165) is 4.57 Å². The molecule has 7 nitrogen and oxygen atoms in total. The third-order valence-electron chi connectivity index (χ3n) is 5.20. The third-order valence-corrected chi connectivity index (χ3v) is 5.20. The summed E-state index contributed by atoms with van der Waals surface area (Å²) in [7, 11) is 0. The number of aromatic nitrogens is 1. The number of benzene rings is 1. The number of ether oxygens (including phenoxy) is 1. The number of hydrogen-bond acceptors (Lipinski definition) is 5. The van der Waals surface area contributed by atoms with Gasteiger partial charge >= 0.3 is 12.1 Å². The number of aliphatic hydroxyl groups is 1. The average Bonchev–Trinajstić information content (AvgIpc) is 2.67. The van der Waals surface area contributed by atoms with Crippen LogP contribution < -0.4 is 15.6 Å². The standard InChI is InChI=1S/C20H18F3N3O4/c1-18(2)19(29,11-25-17(28)20(21,22)23)16(26-8-4-3-5-15(26)27)13-9-12(10-24)6-7-14(13)30-18/h3-9,16,29H,11H2,1-2H3,(H,25,28). The second-order valence-corrected chi connectivity index (χ2v) is 7.43. The molecule has 1 aliphatic heterocycles. The van der Waals surface area contributed by atoms with Gasteiger partial charge < -0.3 is 19.7 Å². The molecule has 2 unspecified atom stereocenters. The first kappa shape index (κ1) is 21.4. The molecule has 1 aromatic carbocycles. The summed E-state index contributed by atoms with van der Waals surface area (Å²) in [6.07, 6.45) is -3.78. The number of carbonyl (C=O) groups excluding carboxylic acids is 1. The number of fused-ring (bicyclic) bond motifs is 1. The third kappa shape index (κ3) is 3.52. The fraction of sp³-hybridized carbons (Fsp3) is 0.350. The van der Waals surface area contributed by atoms with Crippen molar-refractivity contribution in [2.75, 3.05) is 6.54 Å². The lowest BCUT2D eigenvalue weighted by Gasteiger charge is -2.51. The fourth-order valence-corrected chi connectivity index (χ4v) is 3.53. The van der Waals surface area contributed by atoms with Gasteiger partial charge in [0.15, 0.2) is 0 Å². The molecule has 2 heterocycles. The van der Waals surface area contributed by atoms with E-state index < -0.39 is 41.4 Å². The highest BCUT2D eigenvalue weighted by molar-refractivity contribution is 5.81. The van der Waals surface area contributed by atoms with E-state index >= 15 is 0 Å². The first-order chi connectivity index (χ1) is 13.9. The lowest BCUT2D eigenvalue weighted by molar-refractivity contribution is -0.180. The molecule has 0 fully saturated rings. The predicted molar refractivity (Wildman–Crippen MR) is 98.7 cm³/mol. The van der Waals surface area contributed by atoms with Gasteiger partial charge in [-0.25, -0.2) is 0 Å². The first-order valence-corrected chi connectivity index (χ1v) is 8.88. The Balaban J connectivity index is 2.21. The maximum absolute atomic E-state index is 12.7. The monoisotopic (exact) mass is 421 g/mol. The fourth-order valence-electron chi connectivity index (χ4n) is 3.53. The molecule has 0 spiro atoms. The van der Waals surface area contributed by atoms with Crippen molar-refractivity contribution >= 4 is 5.91 Å². The number of nitrogens with zero attached hydrogens (tertiary/aromatic N) is 2. The van der Waals surface area contributed by atoms with E-state index in [1.165, 1.54) is 56.4 Å². The zero-order valence-corrected chi connectivity index (χ0v) is 16.0. The summed E-state index contributed by atoms with van der Waals surface area (Å²) in [5.41, 5.74) is -3.81. The van der Waals surface area contributed by atoms with Crippen molar-refractivity contribution in [3.8, 4) is 11.8 Å². The van der Waals surface area contributed by atoms with Gasteiger partial charge in [-0.3, -0.25) is 9.59 Å². The van der Waals surface area contributed by atoms with Crippen molar-refractivity contribution in [1.29, 1.82) is 5.26 Å². The van der Waals surface area contributed by atoms with E-state index in [0.29, 0.717) is 0 Å². The molecule has 158 valence electrons. The van der Waals surface area contributed by atoms with Crippen molar-refractivity contribution < 1.29 is 27.8 Å². The molecule has 0 aliphatic carbocycles. The van der Waals surface area contributed by atoms with Crippen LogP contribution in [0.1, 0.15) is 31.0 Å². The number of rotatable bonds is 3. The molecule has 1 amide bonds. The molecular weight excluding hydrogens is 403 g/mol. The van der Waals surface area contributed by atoms with Crippen molar-refractivity contribution in [2.45, 2.75) is 37.3 Å². The van der Waals surface area contributed by atoms with Crippen molar-refractivity contribution in [2.24, 2.45) is 0 Å². The molecule has 0 radical (unpaired) electrons. The van der Waals surface area contributed by atoms with Gasteiger partial charge in [0.2, 0.25) is 0 Å². The van der Waals surface area contributed by atoms with Crippen LogP contribution in [0.5, 0.6) is 5.75 Å². The number of nitrogens with one attached hydrogen (secondary N) is 1. The zero-order valence-electron chi connectivity index (χ0n) is 16.0. The van der Waals surface area contributed by atoms with Crippen molar-refractivity contribution in [3.05, 3.63) is 64.1 Å². The van der Waals surface area contributed by atoms with Crippen molar-refractivity contribution in [3.63, 3.8) is 0 Å². The average molecular weight is 421 g/mol. The Bertz CT molecular complexity index is 1090. The van der Waals surface area contributed by atoms with E-state index in [-0.39, 0.29) is 16.9 Å². The Kier molecular flexibility index (Phi) is 5.12. The molecule has 0 saturated heterocycles. The topological polar surface area (TPSA) is 104 Å². The Morgan fingerprint density at radius 1 is 1.33 bits per heavy atom. The highest BCUT2D eigenvalue weighted by Gasteiger charge is 2.57. The van der Waals surface area contributed by atoms with Gasteiger partial charge in [-0.15, -0.1) is 0 Å².